The molecule has 0 bridgehead atoms. The van der Waals surface area contributed by atoms with Gasteiger partial charge in [-0.2, -0.15) is 5.10 Å². The molecule has 2 heterocycles. The molecule has 35 heavy (non-hydrogen) atoms. The molecule has 4 rings (SSSR count). The zero-order valence-corrected chi connectivity index (χ0v) is 22.3. The largest absolute Gasteiger partial charge is 0.493 e. The van der Waals surface area contributed by atoms with Crippen LogP contribution in [0.15, 0.2) is 59.6 Å². The third-order valence-electron chi connectivity index (χ3n) is 5.68. The van der Waals surface area contributed by atoms with Gasteiger partial charge in [0.15, 0.2) is 0 Å². The molecular formula is C28H31N3O2S2. The minimum atomic E-state index is -0.0273. The van der Waals surface area contributed by atoms with Gasteiger partial charge in [-0.15, -0.1) is 0 Å². The summed E-state index contributed by atoms with van der Waals surface area (Å²) in [5.41, 5.74) is 4.67. The number of amides is 1. The van der Waals surface area contributed by atoms with Crippen molar-refractivity contribution in [2.45, 2.75) is 40.5 Å². The number of hydrogen-bond donors (Lipinski definition) is 0. The lowest BCUT2D eigenvalue weighted by Gasteiger charge is -2.13. The SMILES string of the molecule is CCCCN1C(=O)C(=Cc2cn(-c3ccccc3)nc2-c2ccc(OCC(C)C)c(C)c2)SC1=S. The van der Waals surface area contributed by atoms with Gasteiger partial charge in [-0.05, 0) is 61.2 Å². The van der Waals surface area contributed by atoms with E-state index in [-0.39, 0.29) is 5.91 Å². The standard InChI is InChI=1S/C28H31N3O2S2/c1-5-6-14-30-27(32)25(35-28(30)34)16-22-17-31(23-10-8-7-9-11-23)29-26(22)21-12-13-24(20(4)15-21)33-18-19(2)3/h7-13,15-17,19H,5-6,14,18H2,1-4H3. The van der Waals surface area contributed by atoms with Crippen molar-refractivity contribution in [1.82, 2.24) is 14.7 Å². The summed E-state index contributed by atoms with van der Waals surface area (Å²) < 4.78 is 8.44. The monoisotopic (exact) mass is 505 g/mol. The molecule has 5 nitrogen and oxygen atoms in total. The van der Waals surface area contributed by atoms with Crippen LogP contribution in [0, 0.1) is 12.8 Å². The Labute approximate surface area is 217 Å². The molecule has 3 aromatic rings. The van der Waals surface area contributed by atoms with E-state index in [0.717, 1.165) is 46.7 Å². The number of carbonyl (C=O) groups excluding carboxylic acids is 1. The smallest absolute Gasteiger partial charge is 0.266 e. The van der Waals surface area contributed by atoms with E-state index >= 15 is 0 Å². The number of aryl methyl sites for hydroxylation is 1. The molecule has 1 fully saturated rings. The van der Waals surface area contributed by atoms with E-state index in [0.29, 0.717) is 28.3 Å². The van der Waals surface area contributed by atoms with Crippen LogP contribution >= 0.6 is 24.0 Å². The molecule has 0 saturated carbocycles. The lowest BCUT2D eigenvalue weighted by atomic mass is 10.0. The van der Waals surface area contributed by atoms with E-state index in [1.807, 2.05) is 66.3 Å². The van der Waals surface area contributed by atoms with Crippen molar-refractivity contribution in [1.29, 1.82) is 0 Å². The Morgan fingerprint density at radius 3 is 2.63 bits per heavy atom. The molecule has 2 aromatic carbocycles. The van der Waals surface area contributed by atoms with Crippen molar-refractivity contribution in [2.75, 3.05) is 13.2 Å². The molecule has 0 radical (unpaired) electrons. The molecule has 0 unspecified atom stereocenters. The number of para-hydroxylation sites is 1. The van der Waals surface area contributed by atoms with Crippen LogP contribution in [0.1, 0.15) is 44.7 Å². The Morgan fingerprint density at radius 1 is 1.17 bits per heavy atom. The van der Waals surface area contributed by atoms with E-state index < -0.39 is 0 Å². The van der Waals surface area contributed by atoms with E-state index in [4.69, 9.17) is 22.1 Å². The molecule has 182 valence electrons. The number of thiocarbonyl (C=S) groups is 1. The van der Waals surface area contributed by atoms with E-state index in [1.165, 1.54) is 11.8 Å². The van der Waals surface area contributed by atoms with Crippen LogP contribution in [0.3, 0.4) is 0 Å². The average molecular weight is 506 g/mol. The van der Waals surface area contributed by atoms with Crippen molar-refractivity contribution in [3.63, 3.8) is 0 Å². The lowest BCUT2D eigenvalue weighted by molar-refractivity contribution is -0.122. The van der Waals surface area contributed by atoms with Gasteiger partial charge in [-0.3, -0.25) is 9.69 Å². The molecule has 0 N–H and O–H groups in total. The average Bonchev–Trinajstić information content (AvgIpc) is 3.38. The van der Waals surface area contributed by atoms with Crippen LogP contribution in [0.25, 0.3) is 23.0 Å². The number of rotatable bonds is 9. The van der Waals surface area contributed by atoms with Gasteiger partial charge in [0, 0.05) is 23.9 Å². The minimum Gasteiger partial charge on any atom is -0.493 e. The fourth-order valence-corrected chi connectivity index (χ4v) is 5.10. The highest BCUT2D eigenvalue weighted by Crippen LogP contribution is 2.36. The Hall–Kier alpha value is -2.90. The minimum absolute atomic E-state index is 0.0273. The molecule has 1 amide bonds. The summed E-state index contributed by atoms with van der Waals surface area (Å²) in [5, 5.41) is 4.91. The summed E-state index contributed by atoms with van der Waals surface area (Å²) in [6.07, 6.45) is 5.84. The molecule has 0 aliphatic carbocycles. The van der Waals surface area contributed by atoms with Gasteiger partial charge in [-0.25, -0.2) is 4.68 Å². The van der Waals surface area contributed by atoms with Crippen molar-refractivity contribution < 1.29 is 9.53 Å². The van der Waals surface area contributed by atoms with E-state index in [1.54, 1.807) is 4.90 Å². The summed E-state index contributed by atoms with van der Waals surface area (Å²) in [7, 11) is 0. The van der Waals surface area contributed by atoms with E-state index in [9.17, 15) is 4.79 Å². The third kappa shape index (κ3) is 5.85. The normalized spacial score (nSPS) is 15.0. The van der Waals surface area contributed by atoms with Crippen LogP contribution in [0.5, 0.6) is 5.75 Å². The fourth-order valence-electron chi connectivity index (χ4n) is 3.80. The zero-order valence-electron chi connectivity index (χ0n) is 20.7. The van der Waals surface area contributed by atoms with Crippen molar-refractivity contribution >= 4 is 40.3 Å². The number of aromatic nitrogens is 2. The first-order valence-electron chi connectivity index (χ1n) is 12.0. The van der Waals surface area contributed by atoms with Gasteiger partial charge < -0.3 is 4.74 Å². The summed E-state index contributed by atoms with van der Waals surface area (Å²) in [5.74, 6) is 1.31. The molecule has 1 aromatic heterocycles. The Balaban J connectivity index is 1.73. The van der Waals surface area contributed by atoms with Gasteiger partial charge in [0.25, 0.3) is 5.91 Å². The Bertz CT molecular complexity index is 1250. The van der Waals surface area contributed by atoms with Gasteiger partial charge >= 0.3 is 0 Å². The van der Waals surface area contributed by atoms with Crippen LogP contribution in [-0.4, -0.2) is 38.1 Å². The molecule has 1 aliphatic heterocycles. The summed E-state index contributed by atoms with van der Waals surface area (Å²) >= 11 is 6.86. The number of carbonyl (C=O) groups is 1. The van der Waals surface area contributed by atoms with Crippen LogP contribution in [-0.2, 0) is 4.79 Å². The molecule has 0 spiro atoms. The second-order valence-corrected chi connectivity index (χ2v) is 10.8. The van der Waals surface area contributed by atoms with Crippen molar-refractivity contribution in [3.05, 3.63) is 70.8 Å². The molecule has 0 atom stereocenters. The van der Waals surface area contributed by atoms with E-state index in [2.05, 4.69) is 26.8 Å². The van der Waals surface area contributed by atoms with Crippen molar-refractivity contribution in [3.8, 4) is 22.7 Å². The Kier molecular flexibility index (Phi) is 8.08. The Morgan fingerprint density at radius 2 is 1.94 bits per heavy atom. The molecular weight excluding hydrogens is 474 g/mol. The van der Waals surface area contributed by atoms with Crippen molar-refractivity contribution in [2.24, 2.45) is 5.92 Å². The lowest BCUT2D eigenvalue weighted by Crippen LogP contribution is -2.28. The van der Waals surface area contributed by atoms with Gasteiger partial charge in [-0.1, -0.05) is 69.4 Å². The molecule has 1 saturated heterocycles. The quantitative estimate of drug-likeness (QED) is 0.234. The number of nitrogens with zero attached hydrogens (tertiary/aromatic N) is 3. The topological polar surface area (TPSA) is 47.4 Å². The first-order valence-corrected chi connectivity index (χ1v) is 13.2. The second kappa shape index (κ2) is 11.2. The summed E-state index contributed by atoms with van der Waals surface area (Å²) in [4.78, 5) is 15.4. The highest BCUT2D eigenvalue weighted by atomic mass is 32.2. The first kappa shape index (κ1) is 25.2. The number of ether oxygens (including phenoxy) is 1. The molecule has 1 aliphatic rings. The molecule has 7 heteroatoms. The maximum Gasteiger partial charge on any atom is 0.266 e. The number of unbranched alkanes of at least 4 members (excludes halogenated alkanes) is 1. The summed E-state index contributed by atoms with van der Waals surface area (Å²) in [6.45, 7) is 9.76. The van der Waals surface area contributed by atoms with Gasteiger partial charge in [0.2, 0.25) is 0 Å². The predicted molar refractivity (Wildman–Crippen MR) is 149 cm³/mol. The van der Waals surface area contributed by atoms with Crippen LogP contribution in [0.2, 0.25) is 0 Å². The number of thioether (sulfide) groups is 1. The van der Waals surface area contributed by atoms with Gasteiger partial charge in [0.05, 0.1) is 17.2 Å². The third-order valence-corrected chi connectivity index (χ3v) is 7.06. The predicted octanol–water partition coefficient (Wildman–Crippen LogP) is 6.88. The first-order chi connectivity index (χ1) is 16.9. The maximum atomic E-state index is 13.1. The highest BCUT2D eigenvalue weighted by Gasteiger charge is 2.32. The maximum absolute atomic E-state index is 13.1. The summed E-state index contributed by atoms with van der Waals surface area (Å²) in [6, 6.07) is 16.1. The highest BCUT2D eigenvalue weighted by molar-refractivity contribution is 8.26. The zero-order chi connectivity index (χ0) is 24.9. The van der Waals surface area contributed by atoms with Crippen LogP contribution in [0.4, 0.5) is 0 Å². The second-order valence-electron chi connectivity index (χ2n) is 9.09. The number of hydrogen-bond acceptors (Lipinski definition) is 5. The number of benzene rings is 2. The van der Waals surface area contributed by atoms with Crippen LogP contribution < -0.4 is 4.74 Å². The fraction of sp³-hybridized carbons (Fsp3) is 0.321. The van der Waals surface area contributed by atoms with Gasteiger partial charge in [0.1, 0.15) is 15.8 Å².